The van der Waals surface area contributed by atoms with E-state index in [2.05, 4.69) is 0 Å². The van der Waals surface area contributed by atoms with Crippen LogP contribution in [0.3, 0.4) is 0 Å². The number of alkyl halides is 3. The van der Waals surface area contributed by atoms with E-state index in [1.807, 2.05) is 0 Å². The Balaban J connectivity index is 1.47. The first-order valence-corrected chi connectivity index (χ1v) is 14.7. The summed E-state index contributed by atoms with van der Waals surface area (Å²) in [5.41, 5.74) is -3.61. The van der Waals surface area contributed by atoms with E-state index in [-0.39, 0.29) is 28.0 Å². The maximum Gasteiger partial charge on any atom is 0.471 e. The smallest absolute Gasteiger partial charge is 0.471 e. The number of rotatable bonds is 5. The van der Waals surface area contributed by atoms with Crippen molar-refractivity contribution < 1.29 is 76.1 Å². The van der Waals surface area contributed by atoms with Gasteiger partial charge in [-0.25, -0.2) is 0 Å². The zero-order valence-corrected chi connectivity index (χ0v) is 25.6. The number of phenolic OH excluding ortho intramolecular Hbond substituents is 2. The van der Waals surface area contributed by atoms with Crippen molar-refractivity contribution in [1.82, 2.24) is 5.32 Å². The summed E-state index contributed by atoms with van der Waals surface area (Å²) in [6.07, 6.45) is -12.3. The number of ketones is 3. The summed E-state index contributed by atoms with van der Waals surface area (Å²) >= 11 is 0. The van der Waals surface area contributed by atoms with Gasteiger partial charge >= 0.3 is 12.1 Å². The van der Waals surface area contributed by atoms with E-state index >= 15 is 0 Å². The fraction of sp³-hybridized carbons (Fsp3) is 0.484. The quantitative estimate of drug-likeness (QED) is 0.285. The highest BCUT2D eigenvalue weighted by Gasteiger charge is 2.55. The number of methoxy groups -OCH3 is 2. The van der Waals surface area contributed by atoms with E-state index in [1.54, 1.807) is 5.32 Å². The number of fused-ring (bicyclic) bond motifs is 3. The second kappa shape index (κ2) is 12.1. The number of carbonyl (C=O) groups excluding carboxylic acids is 4. The van der Waals surface area contributed by atoms with Crippen LogP contribution in [0.25, 0.3) is 0 Å². The standard InChI is InChI=1S/C31H30F3NO13/c1-11-23(37)14(35-28(42)31(32,33)34)7-18(46-11)47-16-9-30(17(36)10-45-29(44-3)48-30)8-13-20(16)27(41)22-21(25(13)39)24(38)12-5-4-6-15(43-2)19(12)26(22)40/h4-6,11,14,16,18,23,29,37,39,41H,7-10H2,1-3H3,(H,35,42)/t11?,14?,16?,18-,23?,29?,30-/m0/s1. The average molecular weight is 682 g/mol. The number of aromatic hydroxyl groups is 2. The van der Waals surface area contributed by atoms with Gasteiger partial charge in [0, 0.05) is 43.1 Å². The molecule has 6 rings (SSSR count). The number of hydrogen-bond donors (Lipinski definition) is 4. The molecule has 1 amide bonds. The molecule has 17 heteroatoms. The molecule has 4 aliphatic rings. The van der Waals surface area contributed by atoms with Gasteiger partial charge in [-0.15, -0.1) is 0 Å². The first kappa shape index (κ1) is 33.8. The molecule has 2 fully saturated rings. The molecule has 2 aromatic rings. The number of amides is 1. The third kappa shape index (κ3) is 5.39. The van der Waals surface area contributed by atoms with E-state index < -0.39 is 121 Å². The third-order valence-electron chi connectivity index (χ3n) is 9.03. The molecule has 4 N–H and O–H groups in total. The second-order valence-electron chi connectivity index (χ2n) is 11.8. The number of halogens is 3. The Morgan fingerprint density at radius 2 is 1.77 bits per heavy atom. The van der Waals surface area contributed by atoms with E-state index in [4.69, 9.17) is 28.4 Å². The van der Waals surface area contributed by atoms with Gasteiger partial charge in [-0.1, -0.05) is 12.1 Å². The Hall–Kier alpha value is -4.13. The van der Waals surface area contributed by atoms with E-state index in [0.717, 1.165) is 0 Å². The van der Waals surface area contributed by atoms with Crippen molar-refractivity contribution in [3.63, 3.8) is 0 Å². The second-order valence-corrected chi connectivity index (χ2v) is 11.8. The molecule has 0 bridgehead atoms. The highest BCUT2D eigenvalue weighted by Crippen LogP contribution is 2.54. The van der Waals surface area contributed by atoms with Crippen LogP contribution < -0.4 is 10.1 Å². The number of Topliss-reactive ketones (excluding diaryl/α,β-unsaturated/α-hetero) is 1. The maximum absolute atomic E-state index is 13.9. The predicted molar refractivity (Wildman–Crippen MR) is 150 cm³/mol. The van der Waals surface area contributed by atoms with Gasteiger partial charge in [0.2, 0.25) is 5.78 Å². The van der Waals surface area contributed by atoms with Gasteiger partial charge in [0.15, 0.2) is 17.9 Å². The summed E-state index contributed by atoms with van der Waals surface area (Å²) in [6.45, 7) is -0.534. The van der Waals surface area contributed by atoms with Crippen LogP contribution in [0.5, 0.6) is 17.2 Å². The molecule has 2 heterocycles. The number of phenols is 2. The molecule has 0 radical (unpaired) electrons. The summed E-state index contributed by atoms with van der Waals surface area (Å²) < 4.78 is 72.5. The summed E-state index contributed by atoms with van der Waals surface area (Å²) in [6, 6.07) is 2.75. The topological polar surface area (TPSA) is 196 Å². The van der Waals surface area contributed by atoms with Crippen LogP contribution in [-0.4, -0.2) is 102 Å². The minimum absolute atomic E-state index is 0.0294. The van der Waals surface area contributed by atoms with Crippen molar-refractivity contribution in [1.29, 1.82) is 0 Å². The Kier molecular flexibility index (Phi) is 8.50. The van der Waals surface area contributed by atoms with Gasteiger partial charge in [0.1, 0.15) is 35.6 Å². The highest BCUT2D eigenvalue weighted by molar-refractivity contribution is 6.31. The molecule has 0 saturated carbocycles. The fourth-order valence-corrected chi connectivity index (χ4v) is 6.71. The summed E-state index contributed by atoms with van der Waals surface area (Å²) in [5.74, 6) is -6.08. The zero-order chi connectivity index (χ0) is 34.9. The summed E-state index contributed by atoms with van der Waals surface area (Å²) in [7, 11) is 2.52. The van der Waals surface area contributed by atoms with Crippen LogP contribution in [0.4, 0.5) is 13.2 Å². The number of nitrogens with one attached hydrogen (secondary N) is 1. The predicted octanol–water partition coefficient (Wildman–Crippen LogP) is 1.71. The molecule has 7 atom stereocenters. The molecular weight excluding hydrogens is 651 g/mol. The Morgan fingerprint density at radius 3 is 2.44 bits per heavy atom. The number of aliphatic hydroxyl groups excluding tert-OH is 1. The minimum Gasteiger partial charge on any atom is -0.507 e. The first-order chi connectivity index (χ1) is 22.6. The molecular formula is C31H30F3NO13. The molecule has 2 aromatic carbocycles. The lowest BCUT2D eigenvalue weighted by Crippen LogP contribution is -2.58. The third-order valence-corrected chi connectivity index (χ3v) is 9.03. The summed E-state index contributed by atoms with van der Waals surface area (Å²) in [4.78, 5) is 52.8. The Bertz CT molecular complexity index is 1710. The molecule has 0 aromatic heterocycles. The van der Waals surface area contributed by atoms with Crippen LogP contribution >= 0.6 is 0 Å². The van der Waals surface area contributed by atoms with E-state index in [0.29, 0.717) is 0 Å². The Morgan fingerprint density at radius 1 is 1.06 bits per heavy atom. The lowest BCUT2D eigenvalue weighted by atomic mass is 9.71. The summed E-state index contributed by atoms with van der Waals surface area (Å²) in [5, 5.41) is 35.6. The Labute approximate surface area is 269 Å². The van der Waals surface area contributed by atoms with Crippen molar-refractivity contribution in [2.24, 2.45) is 0 Å². The molecule has 14 nitrogen and oxygen atoms in total. The number of carbonyl (C=O) groups is 4. The number of ether oxygens (including phenoxy) is 6. The monoisotopic (exact) mass is 681 g/mol. The van der Waals surface area contributed by atoms with E-state index in [9.17, 15) is 47.7 Å². The number of aliphatic hydroxyl groups is 1. The number of hydrogen-bond acceptors (Lipinski definition) is 13. The molecule has 1 spiro atoms. The normalized spacial score (nSPS) is 30.0. The van der Waals surface area contributed by atoms with Crippen LogP contribution in [0.2, 0.25) is 0 Å². The van der Waals surface area contributed by atoms with Gasteiger partial charge in [0.25, 0.3) is 6.48 Å². The first-order valence-electron chi connectivity index (χ1n) is 14.7. The van der Waals surface area contributed by atoms with Crippen molar-refractivity contribution in [3.05, 3.63) is 51.6 Å². The van der Waals surface area contributed by atoms with Crippen molar-refractivity contribution >= 4 is 23.3 Å². The lowest BCUT2D eigenvalue weighted by Gasteiger charge is -2.46. The minimum atomic E-state index is -5.25. The molecule has 48 heavy (non-hydrogen) atoms. The van der Waals surface area contributed by atoms with E-state index in [1.165, 1.54) is 39.3 Å². The van der Waals surface area contributed by atoms with Gasteiger partial charge < -0.3 is 49.1 Å². The maximum atomic E-state index is 13.9. The van der Waals surface area contributed by atoms with Gasteiger partial charge in [-0.05, 0) is 13.0 Å². The van der Waals surface area contributed by atoms with Gasteiger partial charge in [-0.3, -0.25) is 19.2 Å². The molecule has 5 unspecified atom stereocenters. The zero-order valence-electron chi connectivity index (χ0n) is 25.6. The van der Waals surface area contributed by atoms with Crippen LogP contribution in [0.15, 0.2) is 18.2 Å². The molecule has 2 saturated heterocycles. The van der Waals surface area contributed by atoms with Crippen molar-refractivity contribution in [2.75, 3.05) is 20.8 Å². The van der Waals surface area contributed by atoms with Crippen molar-refractivity contribution in [2.45, 2.75) is 75.1 Å². The number of benzene rings is 2. The van der Waals surface area contributed by atoms with Gasteiger partial charge in [-0.2, -0.15) is 13.2 Å². The van der Waals surface area contributed by atoms with Crippen molar-refractivity contribution in [3.8, 4) is 17.2 Å². The molecule has 2 aliphatic carbocycles. The van der Waals surface area contributed by atoms with Crippen LogP contribution in [0, 0.1) is 0 Å². The molecule has 2 aliphatic heterocycles. The average Bonchev–Trinajstić information content (AvgIpc) is 3.04. The fourth-order valence-electron chi connectivity index (χ4n) is 6.71. The SMILES string of the molecule is COc1cccc2c1C(=O)c1c(O)c3c(c(O)c1C2=O)C[C@@]1(CC3O[C@H]2CC(NC(=O)C(F)(F)F)C(O)C(C)O2)OC(OC)OCC1=O. The largest absolute Gasteiger partial charge is 0.507 e. The lowest BCUT2D eigenvalue weighted by molar-refractivity contribution is -0.337. The molecule has 258 valence electrons. The van der Waals surface area contributed by atoms with Gasteiger partial charge in [0.05, 0.1) is 42.0 Å². The highest BCUT2D eigenvalue weighted by atomic mass is 19.4. The van der Waals surface area contributed by atoms with Crippen LogP contribution in [0.1, 0.15) is 68.8 Å². The van der Waals surface area contributed by atoms with Crippen LogP contribution in [-0.2, 0) is 39.7 Å².